The number of nitrogens with zero attached hydrogens (tertiary/aromatic N) is 2. The van der Waals surface area contributed by atoms with Crippen LogP contribution in [0.4, 0.5) is 5.82 Å². The van der Waals surface area contributed by atoms with Gasteiger partial charge in [0.25, 0.3) is 0 Å². The standard InChI is InChI=1S/C14H16ClN3O/c1-3-4-12-13(16-2)17-9-18-14(12)19-11-7-5-10(15)6-8-11/h5-9H,3-4H2,1-2H3,(H,16,17,18). The van der Waals surface area contributed by atoms with Crippen molar-refractivity contribution in [2.24, 2.45) is 0 Å². The smallest absolute Gasteiger partial charge is 0.227 e. The van der Waals surface area contributed by atoms with Crippen LogP contribution in [0.2, 0.25) is 5.02 Å². The van der Waals surface area contributed by atoms with Crippen LogP contribution in [-0.4, -0.2) is 17.0 Å². The largest absolute Gasteiger partial charge is 0.439 e. The van der Waals surface area contributed by atoms with Crippen LogP contribution in [0.5, 0.6) is 11.6 Å². The monoisotopic (exact) mass is 277 g/mol. The lowest BCUT2D eigenvalue weighted by Crippen LogP contribution is -2.03. The number of ether oxygens (including phenoxy) is 1. The average molecular weight is 278 g/mol. The van der Waals surface area contributed by atoms with Crippen LogP contribution in [0.15, 0.2) is 30.6 Å². The minimum absolute atomic E-state index is 0.587. The van der Waals surface area contributed by atoms with Gasteiger partial charge in [-0.1, -0.05) is 24.9 Å². The fourth-order valence-electron chi connectivity index (χ4n) is 1.79. The molecule has 0 saturated carbocycles. The van der Waals surface area contributed by atoms with Crippen LogP contribution in [0, 0.1) is 0 Å². The summed E-state index contributed by atoms with van der Waals surface area (Å²) >= 11 is 5.85. The molecular weight excluding hydrogens is 262 g/mol. The lowest BCUT2D eigenvalue weighted by molar-refractivity contribution is 0.454. The Hall–Kier alpha value is -1.81. The van der Waals surface area contributed by atoms with E-state index in [0.717, 1.165) is 24.2 Å². The van der Waals surface area contributed by atoms with Crippen molar-refractivity contribution in [1.82, 2.24) is 9.97 Å². The summed E-state index contributed by atoms with van der Waals surface area (Å²) in [6, 6.07) is 7.21. The third kappa shape index (κ3) is 3.35. The second-order valence-electron chi connectivity index (χ2n) is 4.06. The molecule has 0 atom stereocenters. The second-order valence-corrected chi connectivity index (χ2v) is 4.50. The van der Waals surface area contributed by atoms with Crippen molar-refractivity contribution in [1.29, 1.82) is 0 Å². The van der Waals surface area contributed by atoms with Gasteiger partial charge in [0, 0.05) is 12.1 Å². The molecule has 2 rings (SSSR count). The fourth-order valence-corrected chi connectivity index (χ4v) is 1.92. The highest BCUT2D eigenvalue weighted by molar-refractivity contribution is 6.30. The minimum Gasteiger partial charge on any atom is -0.439 e. The van der Waals surface area contributed by atoms with Crippen molar-refractivity contribution in [3.8, 4) is 11.6 Å². The predicted molar refractivity (Wildman–Crippen MR) is 77.1 cm³/mol. The number of rotatable bonds is 5. The van der Waals surface area contributed by atoms with E-state index < -0.39 is 0 Å². The summed E-state index contributed by atoms with van der Waals surface area (Å²) in [5.41, 5.74) is 0.988. The van der Waals surface area contributed by atoms with Crippen LogP contribution in [0.25, 0.3) is 0 Å². The van der Waals surface area contributed by atoms with Gasteiger partial charge in [0.1, 0.15) is 17.9 Å². The molecular formula is C14H16ClN3O. The van der Waals surface area contributed by atoms with E-state index in [1.54, 1.807) is 12.1 Å². The summed E-state index contributed by atoms with van der Waals surface area (Å²) < 4.78 is 5.81. The molecule has 0 spiro atoms. The maximum atomic E-state index is 5.85. The Bertz CT molecular complexity index is 543. The van der Waals surface area contributed by atoms with Gasteiger partial charge < -0.3 is 10.1 Å². The molecule has 0 aliphatic heterocycles. The lowest BCUT2D eigenvalue weighted by atomic mass is 10.1. The molecule has 0 saturated heterocycles. The highest BCUT2D eigenvalue weighted by Crippen LogP contribution is 2.28. The summed E-state index contributed by atoms with van der Waals surface area (Å²) in [5, 5.41) is 3.74. The van der Waals surface area contributed by atoms with Gasteiger partial charge in [-0.25, -0.2) is 9.97 Å². The van der Waals surface area contributed by atoms with Crippen molar-refractivity contribution >= 4 is 17.4 Å². The first-order valence-corrected chi connectivity index (χ1v) is 6.57. The zero-order valence-electron chi connectivity index (χ0n) is 11.0. The van der Waals surface area contributed by atoms with E-state index in [1.807, 2.05) is 19.2 Å². The molecule has 0 bridgehead atoms. The number of halogens is 1. The second kappa shape index (κ2) is 6.38. The summed E-state index contributed by atoms with van der Waals surface area (Å²) in [4.78, 5) is 8.43. The SMILES string of the molecule is CCCc1c(NC)ncnc1Oc1ccc(Cl)cc1. The molecule has 1 aromatic heterocycles. The molecule has 0 unspecified atom stereocenters. The maximum absolute atomic E-state index is 5.85. The normalized spacial score (nSPS) is 10.3. The van der Waals surface area contributed by atoms with E-state index >= 15 is 0 Å². The molecule has 1 N–H and O–H groups in total. The molecule has 0 radical (unpaired) electrons. The van der Waals surface area contributed by atoms with Crippen LogP contribution in [0.3, 0.4) is 0 Å². The molecule has 19 heavy (non-hydrogen) atoms. The van der Waals surface area contributed by atoms with Gasteiger partial charge in [0.15, 0.2) is 0 Å². The Kier molecular flexibility index (Phi) is 4.58. The zero-order chi connectivity index (χ0) is 13.7. The van der Waals surface area contributed by atoms with Crippen LogP contribution >= 0.6 is 11.6 Å². The Morgan fingerprint density at radius 1 is 1.21 bits per heavy atom. The number of hydrogen-bond acceptors (Lipinski definition) is 4. The van der Waals surface area contributed by atoms with Crippen LogP contribution < -0.4 is 10.1 Å². The quantitative estimate of drug-likeness (QED) is 0.900. The van der Waals surface area contributed by atoms with E-state index in [4.69, 9.17) is 16.3 Å². The first-order chi connectivity index (χ1) is 9.24. The summed E-state index contributed by atoms with van der Waals surface area (Å²) in [5.74, 6) is 2.10. The van der Waals surface area contributed by atoms with Crippen molar-refractivity contribution in [3.63, 3.8) is 0 Å². The van der Waals surface area contributed by atoms with Gasteiger partial charge in [-0.2, -0.15) is 0 Å². The summed E-state index contributed by atoms with van der Waals surface area (Å²) in [6.07, 6.45) is 3.36. The average Bonchev–Trinajstić information content (AvgIpc) is 2.43. The topological polar surface area (TPSA) is 47.0 Å². The molecule has 4 nitrogen and oxygen atoms in total. The molecule has 0 aliphatic rings. The summed E-state index contributed by atoms with van der Waals surface area (Å²) in [7, 11) is 1.84. The maximum Gasteiger partial charge on any atom is 0.227 e. The molecule has 0 aliphatic carbocycles. The first-order valence-electron chi connectivity index (χ1n) is 6.19. The Morgan fingerprint density at radius 2 is 1.95 bits per heavy atom. The highest BCUT2D eigenvalue weighted by Gasteiger charge is 2.11. The van der Waals surface area contributed by atoms with Gasteiger partial charge in [-0.15, -0.1) is 0 Å². The van der Waals surface area contributed by atoms with Gasteiger partial charge in [0.05, 0.1) is 5.56 Å². The van der Waals surface area contributed by atoms with E-state index in [9.17, 15) is 0 Å². The summed E-state index contributed by atoms with van der Waals surface area (Å²) in [6.45, 7) is 2.11. The van der Waals surface area contributed by atoms with Gasteiger partial charge >= 0.3 is 0 Å². The highest BCUT2D eigenvalue weighted by atomic mass is 35.5. The van der Waals surface area contributed by atoms with Crippen molar-refractivity contribution in [3.05, 3.63) is 41.2 Å². The fraction of sp³-hybridized carbons (Fsp3) is 0.286. The van der Waals surface area contributed by atoms with E-state index in [-0.39, 0.29) is 0 Å². The van der Waals surface area contributed by atoms with Gasteiger partial charge in [0.2, 0.25) is 5.88 Å². The molecule has 2 aromatic rings. The molecule has 1 heterocycles. The van der Waals surface area contributed by atoms with Crippen LogP contribution in [0.1, 0.15) is 18.9 Å². The molecule has 0 amide bonds. The Balaban J connectivity index is 2.30. The number of nitrogens with one attached hydrogen (secondary N) is 1. The van der Waals surface area contributed by atoms with E-state index in [1.165, 1.54) is 6.33 Å². The zero-order valence-corrected chi connectivity index (χ0v) is 11.7. The number of anilines is 1. The van der Waals surface area contributed by atoms with Crippen molar-refractivity contribution in [2.75, 3.05) is 12.4 Å². The molecule has 5 heteroatoms. The minimum atomic E-state index is 0.587. The van der Waals surface area contributed by atoms with Crippen molar-refractivity contribution < 1.29 is 4.74 Å². The van der Waals surface area contributed by atoms with Crippen LogP contribution in [-0.2, 0) is 6.42 Å². The number of hydrogen-bond donors (Lipinski definition) is 1. The Labute approximate surface area is 117 Å². The van der Waals surface area contributed by atoms with Gasteiger partial charge in [-0.3, -0.25) is 0 Å². The molecule has 1 aromatic carbocycles. The third-order valence-electron chi connectivity index (χ3n) is 2.67. The Morgan fingerprint density at radius 3 is 2.58 bits per heavy atom. The number of benzene rings is 1. The first kappa shape index (κ1) is 13.6. The number of aromatic nitrogens is 2. The van der Waals surface area contributed by atoms with E-state index in [2.05, 4.69) is 22.2 Å². The molecule has 0 fully saturated rings. The van der Waals surface area contributed by atoms with E-state index in [0.29, 0.717) is 16.7 Å². The van der Waals surface area contributed by atoms with Gasteiger partial charge in [-0.05, 0) is 30.7 Å². The van der Waals surface area contributed by atoms with Crippen molar-refractivity contribution in [2.45, 2.75) is 19.8 Å². The predicted octanol–water partition coefficient (Wildman–Crippen LogP) is 3.92. The lowest BCUT2D eigenvalue weighted by Gasteiger charge is -2.12. The third-order valence-corrected chi connectivity index (χ3v) is 2.92. The molecule has 100 valence electrons.